The van der Waals surface area contributed by atoms with Gasteiger partial charge in [0.25, 0.3) is 0 Å². The van der Waals surface area contributed by atoms with Crippen LogP contribution < -0.4 is 0 Å². The van der Waals surface area contributed by atoms with Crippen LogP contribution in [0.25, 0.3) is 0 Å². The van der Waals surface area contributed by atoms with E-state index in [2.05, 4.69) is 5.10 Å². The summed E-state index contributed by atoms with van der Waals surface area (Å²) in [4.78, 5) is 0. The number of halogens is 3. The van der Waals surface area contributed by atoms with E-state index >= 15 is 0 Å². The maximum Gasteiger partial charge on any atom is 0.389 e. The summed E-state index contributed by atoms with van der Waals surface area (Å²) in [5, 5.41) is 22.8. The molecule has 0 saturated heterocycles. The average Bonchev–Trinajstić information content (AvgIpc) is 2.88. The second kappa shape index (κ2) is 6.00. The highest BCUT2D eigenvalue weighted by molar-refractivity contribution is 5.27. The molecule has 0 amide bonds. The predicted octanol–water partition coefficient (Wildman–Crippen LogP) is 4.12. The summed E-state index contributed by atoms with van der Waals surface area (Å²) in [5.41, 5.74) is -1.42. The Morgan fingerprint density at radius 3 is 2.09 bits per heavy atom. The Balaban J connectivity index is 3.09. The molecule has 0 aliphatic carbocycles. The van der Waals surface area contributed by atoms with Gasteiger partial charge in [0, 0.05) is 18.5 Å². The second-order valence-corrected chi connectivity index (χ2v) is 6.42. The molecule has 1 rings (SSSR count). The van der Waals surface area contributed by atoms with E-state index in [9.17, 15) is 23.7 Å². The third-order valence-corrected chi connectivity index (χ3v) is 3.73. The average molecular weight is 312 g/mol. The van der Waals surface area contributed by atoms with Crippen molar-refractivity contribution in [1.82, 2.24) is 9.78 Å². The van der Waals surface area contributed by atoms with E-state index in [1.807, 2.05) is 20.8 Å². The molecule has 1 unspecified atom stereocenters. The molecule has 0 bridgehead atoms. The van der Waals surface area contributed by atoms with Gasteiger partial charge in [-0.15, -0.1) is 0 Å². The van der Waals surface area contributed by atoms with Gasteiger partial charge in [0.05, 0.1) is 23.9 Å². The smallest absolute Gasteiger partial charge is 0.267 e. The molecule has 0 aliphatic rings. The number of hydrogen-bond acceptors (Lipinski definition) is 3. The van der Waals surface area contributed by atoms with Crippen molar-refractivity contribution < 1.29 is 13.2 Å². The zero-order chi connectivity index (χ0) is 17.2. The van der Waals surface area contributed by atoms with E-state index < -0.39 is 30.4 Å². The fourth-order valence-corrected chi connectivity index (χ4v) is 2.10. The first-order valence-corrected chi connectivity index (χ1v) is 6.89. The molecular formula is C15H19F3N4. The van der Waals surface area contributed by atoms with Gasteiger partial charge in [-0.1, -0.05) is 6.92 Å². The second-order valence-electron chi connectivity index (χ2n) is 6.42. The van der Waals surface area contributed by atoms with E-state index in [-0.39, 0.29) is 5.54 Å². The van der Waals surface area contributed by atoms with Crippen molar-refractivity contribution in [1.29, 1.82) is 10.5 Å². The van der Waals surface area contributed by atoms with Crippen molar-refractivity contribution in [2.24, 2.45) is 5.41 Å². The first-order valence-electron chi connectivity index (χ1n) is 6.89. The molecule has 0 aliphatic heterocycles. The van der Waals surface area contributed by atoms with Crippen molar-refractivity contribution in [3.63, 3.8) is 0 Å². The standard InChI is InChI=1S/C15H19F3N4/c1-11(12-7-21-22(8-12)13(2,3)4)14(9-19,10-20)5-6-15(16,17)18/h7-8,11H,5-6H2,1-4H3. The maximum atomic E-state index is 12.4. The molecule has 0 saturated carbocycles. The Hall–Kier alpha value is -2.02. The molecule has 0 aromatic carbocycles. The molecule has 4 nitrogen and oxygen atoms in total. The molecule has 1 aromatic heterocycles. The van der Waals surface area contributed by atoms with Gasteiger partial charge in [0.1, 0.15) is 0 Å². The Labute approximate surface area is 128 Å². The van der Waals surface area contributed by atoms with Crippen molar-refractivity contribution in [3.8, 4) is 12.1 Å². The van der Waals surface area contributed by atoms with Crippen LogP contribution >= 0.6 is 0 Å². The highest BCUT2D eigenvalue weighted by atomic mass is 19.4. The highest BCUT2D eigenvalue weighted by Crippen LogP contribution is 2.41. The highest BCUT2D eigenvalue weighted by Gasteiger charge is 2.42. The molecule has 0 radical (unpaired) electrons. The third-order valence-electron chi connectivity index (χ3n) is 3.73. The maximum absolute atomic E-state index is 12.4. The van der Waals surface area contributed by atoms with E-state index in [4.69, 9.17) is 0 Å². The summed E-state index contributed by atoms with van der Waals surface area (Å²) >= 11 is 0. The zero-order valence-electron chi connectivity index (χ0n) is 13.1. The first-order chi connectivity index (χ1) is 9.95. The summed E-state index contributed by atoms with van der Waals surface area (Å²) in [6.07, 6.45) is -2.92. The summed E-state index contributed by atoms with van der Waals surface area (Å²) in [7, 11) is 0. The SMILES string of the molecule is CC(c1cnn(C(C)(C)C)c1)C(C#N)(C#N)CCC(F)(F)F. The fourth-order valence-electron chi connectivity index (χ4n) is 2.10. The topological polar surface area (TPSA) is 65.4 Å². The van der Waals surface area contributed by atoms with Crippen molar-refractivity contribution in [2.75, 3.05) is 0 Å². The minimum atomic E-state index is -4.39. The van der Waals surface area contributed by atoms with Crippen LogP contribution in [-0.4, -0.2) is 16.0 Å². The molecule has 1 heterocycles. The van der Waals surface area contributed by atoms with Crippen LogP contribution in [0.5, 0.6) is 0 Å². The van der Waals surface area contributed by atoms with Gasteiger partial charge >= 0.3 is 6.18 Å². The van der Waals surface area contributed by atoms with Gasteiger partial charge in [-0.05, 0) is 32.8 Å². The fraction of sp³-hybridized carbons (Fsp3) is 0.667. The lowest BCUT2D eigenvalue weighted by atomic mass is 9.73. The number of rotatable bonds is 4. The van der Waals surface area contributed by atoms with Crippen LogP contribution in [0.2, 0.25) is 0 Å². The van der Waals surface area contributed by atoms with Crippen molar-refractivity contribution >= 4 is 0 Å². The Kier molecular flexibility index (Phi) is 4.92. The number of hydrogen-bond donors (Lipinski definition) is 0. The molecular weight excluding hydrogens is 293 g/mol. The van der Waals surface area contributed by atoms with Crippen molar-refractivity contribution in [2.45, 2.75) is 58.2 Å². The number of nitrogens with zero attached hydrogens (tertiary/aromatic N) is 4. The monoisotopic (exact) mass is 312 g/mol. The molecule has 0 N–H and O–H groups in total. The van der Waals surface area contributed by atoms with Gasteiger partial charge in [-0.3, -0.25) is 4.68 Å². The summed E-state index contributed by atoms with van der Waals surface area (Å²) in [6.45, 7) is 7.38. The molecule has 0 fully saturated rings. The number of alkyl halides is 3. The summed E-state index contributed by atoms with van der Waals surface area (Å²) in [5.74, 6) is -0.666. The third kappa shape index (κ3) is 4.00. The van der Waals surface area contributed by atoms with E-state index in [0.717, 1.165) is 0 Å². The van der Waals surface area contributed by atoms with Crippen LogP contribution in [0, 0.1) is 28.1 Å². The van der Waals surface area contributed by atoms with E-state index in [1.54, 1.807) is 29.9 Å². The van der Waals surface area contributed by atoms with Crippen LogP contribution in [-0.2, 0) is 5.54 Å². The van der Waals surface area contributed by atoms with Gasteiger partial charge in [0.2, 0.25) is 0 Å². The predicted molar refractivity (Wildman–Crippen MR) is 74.6 cm³/mol. The normalized spacial score (nSPS) is 14.2. The summed E-state index contributed by atoms with van der Waals surface area (Å²) in [6, 6.07) is 3.57. The Bertz CT molecular complexity index is 582. The first kappa shape index (κ1) is 18.0. The minimum absolute atomic E-state index is 0.286. The lowest BCUT2D eigenvalue weighted by Gasteiger charge is -2.26. The minimum Gasteiger partial charge on any atom is -0.267 e. The van der Waals surface area contributed by atoms with Crippen LogP contribution in [0.1, 0.15) is 52.0 Å². The van der Waals surface area contributed by atoms with Gasteiger partial charge in [-0.25, -0.2) is 0 Å². The van der Waals surface area contributed by atoms with Gasteiger partial charge in [0.15, 0.2) is 5.41 Å². The molecule has 120 valence electrons. The number of aromatic nitrogens is 2. The van der Waals surface area contributed by atoms with Gasteiger partial charge < -0.3 is 0 Å². The Morgan fingerprint density at radius 2 is 1.73 bits per heavy atom. The molecule has 0 spiro atoms. The molecule has 1 atom stereocenters. The molecule has 22 heavy (non-hydrogen) atoms. The van der Waals surface area contributed by atoms with Crippen molar-refractivity contribution in [3.05, 3.63) is 18.0 Å². The molecule has 7 heteroatoms. The van der Waals surface area contributed by atoms with Crippen LogP contribution in [0.4, 0.5) is 13.2 Å². The van der Waals surface area contributed by atoms with Gasteiger partial charge in [-0.2, -0.15) is 28.8 Å². The Morgan fingerprint density at radius 1 is 1.18 bits per heavy atom. The zero-order valence-corrected chi connectivity index (χ0v) is 13.1. The lowest BCUT2D eigenvalue weighted by molar-refractivity contribution is -0.138. The number of nitriles is 2. The van der Waals surface area contributed by atoms with E-state index in [1.165, 1.54) is 6.20 Å². The largest absolute Gasteiger partial charge is 0.389 e. The molecule has 1 aromatic rings. The quantitative estimate of drug-likeness (QED) is 0.840. The van der Waals surface area contributed by atoms with Crippen LogP contribution in [0.15, 0.2) is 12.4 Å². The van der Waals surface area contributed by atoms with E-state index in [0.29, 0.717) is 5.56 Å². The summed E-state index contributed by atoms with van der Waals surface area (Å²) < 4.78 is 39.0. The van der Waals surface area contributed by atoms with Crippen LogP contribution in [0.3, 0.4) is 0 Å². The lowest BCUT2D eigenvalue weighted by Crippen LogP contribution is -2.26.